The first-order chi connectivity index (χ1) is 22.4. The Morgan fingerprint density at radius 3 is 1.40 bits per heavy atom. The van der Waals surface area contributed by atoms with E-state index in [1.54, 1.807) is 20.8 Å². The van der Waals surface area contributed by atoms with Crippen LogP contribution < -0.4 is 0 Å². The van der Waals surface area contributed by atoms with Crippen LogP contribution in [0.15, 0.2) is 0 Å². The molecular formula is C28H50O20. The van der Waals surface area contributed by atoms with E-state index in [9.17, 15) is 61.3 Å². The van der Waals surface area contributed by atoms with E-state index in [1.807, 2.05) is 0 Å². The minimum absolute atomic E-state index is 0.789. The van der Waals surface area contributed by atoms with E-state index in [0.29, 0.717) is 0 Å². The van der Waals surface area contributed by atoms with Crippen molar-refractivity contribution in [1.82, 2.24) is 0 Å². The van der Waals surface area contributed by atoms with Gasteiger partial charge < -0.3 is 99.2 Å². The minimum atomic E-state index is -1.98. The van der Waals surface area contributed by atoms with Gasteiger partial charge in [0.05, 0.1) is 31.5 Å². The highest BCUT2D eigenvalue weighted by Gasteiger charge is 2.55. The number of rotatable bonds is 10. The van der Waals surface area contributed by atoms with Gasteiger partial charge in [0.1, 0.15) is 91.6 Å². The van der Waals surface area contributed by atoms with Gasteiger partial charge in [0, 0.05) is 0 Å². The van der Waals surface area contributed by atoms with Crippen molar-refractivity contribution in [2.45, 2.75) is 156 Å². The van der Waals surface area contributed by atoms with Crippen molar-refractivity contribution < 1.29 is 99.2 Å². The molecule has 4 saturated heterocycles. The van der Waals surface area contributed by atoms with Gasteiger partial charge >= 0.3 is 0 Å². The summed E-state index contributed by atoms with van der Waals surface area (Å²) >= 11 is 0. The molecule has 20 heteroatoms. The molecule has 8 unspecified atom stereocenters. The van der Waals surface area contributed by atoms with Gasteiger partial charge in [-0.2, -0.15) is 0 Å². The lowest BCUT2D eigenvalue weighted by Gasteiger charge is -2.49. The first-order valence-electron chi connectivity index (χ1n) is 15.6. The van der Waals surface area contributed by atoms with Crippen molar-refractivity contribution in [3.05, 3.63) is 0 Å². The molecule has 4 aliphatic rings. The molecule has 0 aromatic heterocycles. The summed E-state index contributed by atoms with van der Waals surface area (Å²) < 4.78 is 45.1. The third-order valence-corrected chi connectivity index (χ3v) is 8.62. The summed E-state index contributed by atoms with van der Waals surface area (Å²) in [6.45, 7) is 4.08. The highest BCUT2D eigenvalue weighted by molar-refractivity contribution is 4.98. The zero-order valence-corrected chi connectivity index (χ0v) is 26.8. The highest BCUT2D eigenvalue weighted by atomic mass is 16.8. The van der Waals surface area contributed by atoms with E-state index in [2.05, 4.69) is 0 Å². The predicted octanol–water partition coefficient (Wildman–Crippen LogP) is -6.90. The summed E-state index contributed by atoms with van der Waals surface area (Å²) in [5.74, 6) is 0. The Hall–Kier alpha value is -0.800. The molecule has 4 aliphatic heterocycles. The van der Waals surface area contributed by atoms with Gasteiger partial charge in [-0.15, -0.1) is 0 Å². The number of hydrogen-bond acceptors (Lipinski definition) is 20. The molecule has 0 amide bonds. The van der Waals surface area contributed by atoms with E-state index in [4.69, 9.17) is 37.9 Å². The molecule has 0 saturated carbocycles. The molecule has 0 spiro atoms. The van der Waals surface area contributed by atoms with E-state index in [-0.39, 0.29) is 0 Å². The van der Waals surface area contributed by atoms with Crippen molar-refractivity contribution >= 4 is 0 Å². The van der Waals surface area contributed by atoms with Crippen LogP contribution >= 0.6 is 0 Å². The molecule has 0 aromatic rings. The van der Waals surface area contributed by atoms with Crippen LogP contribution in [0, 0.1) is 0 Å². The maximum Gasteiger partial charge on any atom is 0.187 e. The van der Waals surface area contributed by atoms with Gasteiger partial charge in [0.2, 0.25) is 0 Å². The van der Waals surface area contributed by atoms with Crippen molar-refractivity contribution in [1.29, 1.82) is 0 Å². The molecule has 282 valence electrons. The summed E-state index contributed by atoms with van der Waals surface area (Å²) in [6, 6.07) is 0. The van der Waals surface area contributed by atoms with Gasteiger partial charge in [-0.1, -0.05) is 0 Å². The minimum Gasteiger partial charge on any atom is -0.394 e. The Kier molecular flexibility index (Phi) is 13.5. The Morgan fingerprint density at radius 2 is 0.854 bits per heavy atom. The normalized spacial score (nSPS) is 50.8. The molecule has 20 atom stereocenters. The average molecular weight is 707 g/mol. The van der Waals surface area contributed by atoms with E-state index < -0.39 is 148 Å². The third-order valence-electron chi connectivity index (χ3n) is 8.62. The standard InChI is InChI=1S/C28H50O20/c1-8-12(32)21(20(40)26(41-8)48-28(2,3)4)45-25-19(39)22(15(35)11(7-31)43-25)46-27-23(17(37)14(34)10(6-30)44-27)47-24-18(38)16(36)13(33)9(5-29)42-24/h8-27,29-40H,5-7H2,1-4H3/t8?,9?,10?,11?,12-,13+,14+,15+,16-,17-,18?,19?,20?,21-,22-,23?,24+,25-,26-,27-/m0/s1. The topological polar surface area (TPSA) is 317 Å². The quantitative estimate of drug-likeness (QED) is 0.100. The summed E-state index contributed by atoms with van der Waals surface area (Å²) in [4.78, 5) is 0. The molecule has 4 fully saturated rings. The van der Waals surface area contributed by atoms with E-state index in [0.717, 1.165) is 0 Å². The fourth-order valence-corrected chi connectivity index (χ4v) is 5.88. The van der Waals surface area contributed by atoms with Crippen molar-refractivity contribution in [2.24, 2.45) is 0 Å². The monoisotopic (exact) mass is 706 g/mol. The molecule has 4 rings (SSSR count). The zero-order chi connectivity index (χ0) is 35.8. The number of aliphatic hydroxyl groups is 12. The molecule has 12 N–H and O–H groups in total. The lowest BCUT2D eigenvalue weighted by Crippen LogP contribution is -2.68. The van der Waals surface area contributed by atoms with Crippen LogP contribution in [0.5, 0.6) is 0 Å². The van der Waals surface area contributed by atoms with Crippen LogP contribution in [-0.4, -0.2) is 210 Å². The molecule has 20 nitrogen and oxygen atoms in total. The van der Waals surface area contributed by atoms with Crippen molar-refractivity contribution in [3.8, 4) is 0 Å². The van der Waals surface area contributed by atoms with Gasteiger partial charge in [0.25, 0.3) is 0 Å². The van der Waals surface area contributed by atoms with Gasteiger partial charge in [0.15, 0.2) is 25.2 Å². The molecular weight excluding hydrogens is 656 g/mol. The second-order valence-electron chi connectivity index (χ2n) is 13.3. The lowest BCUT2D eigenvalue weighted by molar-refractivity contribution is -0.397. The largest absolute Gasteiger partial charge is 0.394 e. The Labute approximate surface area is 275 Å². The molecule has 0 bridgehead atoms. The summed E-state index contributed by atoms with van der Waals surface area (Å²) in [6.07, 6.45) is -33.7. The van der Waals surface area contributed by atoms with Gasteiger partial charge in [-0.3, -0.25) is 0 Å². The summed E-state index contributed by atoms with van der Waals surface area (Å²) in [5.41, 5.74) is -0.789. The Bertz CT molecular complexity index is 1000. The number of aliphatic hydroxyl groups excluding tert-OH is 12. The van der Waals surface area contributed by atoms with Crippen LogP contribution in [0.25, 0.3) is 0 Å². The van der Waals surface area contributed by atoms with E-state index in [1.165, 1.54) is 6.92 Å². The number of hydrogen-bond donors (Lipinski definition) is 12. The maximum absolute atomic E-state index is 11.3. The van der Waals surface area contributed by atoms with Crippen molar-refractivity contribution in [3.63, 3.8) is 0 Å². The summed E-state index contributed by atoms with van der Waals surface area (Å²) in [5, 5.41) is 126. The van der Waals surface area contributed by atoms with E-state index >= 15 is 0 Å². The Morgan fingerprint density at radius 1 is 0.438 bits per heavy atom. The molecule has 48 heavy (non-hydrogen) atoms. The van der Waals surface area contributed by atoms with Gasteiger partial charge in [-0.05, 0) is 27.7 Å². The fourth-order valence-electron chi connectivity index (χ4n) is 5.88. The fraction of sp³-hybridized carbons (Fsp3) is 1.00. The number of ether oxygens (including phenoxy) is 8. The smallest absolute Gasteiger partial charge is 0.187 e. The SMILES string of the molecule is CC1O[C@@H](OC(C)(C)C)C(O)[C@@H](O[C@@H]2OC(CO)[C@@H](O)[C@H](O[C@@H]3OC(CO)[C@@H](O)[C@H](O)C3O[C@H]3OC(CO)[C@@H](O)[C@H](O)C3O)C2O)[C@H]1O. The third kappa shape index (κ3) is 8.45. The molecule has 0 aromatic carbocycles. The van der Waals surface area contributed by atoms with Crippen LogP contribution in [0.4, 0.5) is 0 Å². The lowest BCUT2D eigenvalue weighted by atomic mass is 9.95. The summed E-state index contributed by atoms with van der Waals surface area (Å²) in [7, 11) is 0. The second-order valence-corrected chi connectivity index (χ2v) is 13.3. The van der Waals surface area contributed by atoms with Crippen LogP contribution in [0.2, 0.25) is 0 Å². The maximum atomic E-state index is 11.3. The zero-order valence-electron chi connectivity index (χ0n) is 26.8. The highest BCUT2D eigenvalue weighted by Crippen LogP contribution is 2.35. The first kappa shape index (κ1) is 40.0. The molecule has 0 aliphatic carbocycles. The second kappa shape index (κ2) is 16.3. The van der Waals surface area contributed by atoms with Gasteiger partial charge in [-0.25, -0.2) is 0 Å². The van der Waals surface area contributed by atoms with Crippen LogP contribution in [0.1, 0.15) is 27.7 Å². The first-order valence-corrected chi connectivity index (χ1v) is 15.6. The molecule has 0 radical (unpaired) electrons. The predicted molar refractivity (Wildman–Crippen MR) is 151 cm³/mol. The Balaban J connectivity index is 1.58. The van der Waals surface area contributed by atoms with Crippen LogP contribution in [0.3, 0.4) is 0 Å². The van der Waals surface area contributed by atoms with Crippen LogP contribution in [-0.2, 0) is 37.9 Å². The van der Waals surface area contributed by atoms with Crippen molar-refractivity contribution in [2.75, 3.05) is 19.8 Å². The average Bonchev–Trinajstić information content (AvgIpc) is 3.03. The molecule has 4 heterocycles.